The molecule has 0 bridgehead atoms. The van der Waals surface area contributed by atoms with E-state index in [1.807, 2.05) is 31.2 Å². The molecule has 0 saturated carbocycles. The van der Waals surface area contributed by atoms with Crippen LogP contribution >= 0.6 is 23.4 Å². The number of nitrogens with zero attached hydrogens (tertiary/aromatic N) is 3. The molecule has 1 heterocycles. The number of hydrogen-bond donors (Lipinski definition) is 1. The van der Waals surface area contributed by atoms with Crippen molar-refractivity contribution in [3.05, 3.63) is 65.2 Å². The van der Waals surface area contributed by atoms with Crippen molar-refractivity contribution in [3.63, 3.8) is 0 Å². The molecule has 7 heteroatoms. The highest BCUT2D eigenvalue weighted by molar-refractivity contribution is 7.99. The van der Waals surface area contributed by atoms with Crippen molar-refractivity contribution >= 4 is 45.7 Å². The van der Waals surface area contributed by atoms with Crippen molar-refractivity contribution in [2.75, 3.05) is 11.1 Å². The van der Waals surface area contributed by atoms with Crippen molar-refractivity contribution < 1.29 is 4.79 Å². The Morgan fingerprint density at radius 2 is 1.73 bits per heavy atom. The lowest BCUT2D eigenvalue weighted by molar-refractivity contribution is -0.115. The fourth-order valence-corrected chi connectivity index (χ4v) is 4.57. The van der Waals surface area contributed by atoms with E-state index in [4.69, 9.17) is 16.6 Å². The third kappa shape index (κ3) is 3.32. The van der Waals surface area contributed by atoms with Crippen LogP contribution in [0.3, 0.4) is 0 Å². The number of rotatable bonds is 5. The number of nitrogens with one attached hydrogen (secondary N) is 1. The summed E-state index contributed by atoms with van der Waals surface area (Å²) in [5.74, 6) is 0.488. The number of halogens is 1. The number of hydrogen-bond acceptors (Lipinski definition) is 5. The quantitative estimate of drug-likeness (QED) is 0.358. The first kappa shape index (κ1) is 19.0. The van der Waals surface area contributed by atoms with Crippen molar-refractivity contribution in [1.29, 1.82) is 0 Å². The first-order valence-corrected chi connectivity index (χ1v) is 10.9. The Morgan fingerprint density at radius 1 is 1.00 bits per heavy atom. The SMILES string of the molecule is Cc1c(Cl)cccc1NC(=O)CCSc1nnc2c(n1)-c1cccc3cccc-2c13. The van der Waals surface area contributed by atoms with Gasteiger partial charge in [0, 0.05) is 39.4 Å². The first-order chi connectivity index (χ1) is 14.6. The van der Waals surface area contributed by atoms with E-state index < -0.39 is 0 Å². The molecule has 1 aliphatic rings. The Morgan fingerprint density at radius 3 is 2.53 bits per heavy atom. The molecule has 3 aromatic carbocycles. The summed E-state index contributed by atoms with van der Waals surface area (Å²) in [6.45, 7) is 1.88. The molecule has 1 aliphatic carbocycles. The molecule has 1 amide bonds. The molecule has 0 spiro atoms. The van der Waals surface area contributed by atoms with Crippen molar-refractivity contribution in [2.24, 2.45) is 0 Å². The van der Waals surface area contributed by atoms with Crippen LogP contribution in [0, 0.1) is 6.92 Å². The van der Waals surface area contributed by atoms with E-state index in [1.165, 1.54) is 22.5 Å². The molecule has 1 aromatic heterocycles. The van der Waals surface area contributed by atoms with Crippen LogP contribution in [0.5, 0.6) is 0 Å². The third-order valence-corrected chi connectivity index (χ3v) is 6.43. The molecule has 0 aliphatic heterocycles. The lowest BCUT2D eigenvalue weighted by Crippen LogP contribution is -2.13. The number of aromatic nitrogens is 3. The molecule has 0 radical (unpaired) electrons. The lowest BCUT2D eigenvalue weighted by atomic mass is 10.0. The smallest absolute Gasteiger partial charge is 0.225 e. The van der Waals surface area contributed by atoms with E-state index in [2.05, 4.69) is 39.8 Å². The maximum Gasteiger partial charge on any atom is 0.225 e. The van der Waals surface area contributed by atoms with Gasteiger partial charge in [0.05, 0.1) is 0 Å². The van der Waals surface area contributed by atoms with Crippen molar-refractivity contribution in [3.8, 4) is 22.5 Å². The normalized spacial score (nSPS) is 11.5. The van der Waals surface area contributed by atoms with Crippen LogP contribution in [0.4, 0.5) is 5.69 Å². The molecular formula is C23H17ClN4OS. The van der Waals surface area contributed by atoms with E-state index in [0.717, 1.165) is 33.8 Å². The second kappa shape index (κ2) is 7.70. The second-order valence-corrected chi connectivity index (χ2v) is 8.53. The average molecular weight is 433 g/mol. The zero-order valence-corrected chi connectivity index (χ0v) is 17.7. The maximum absolute atomic E-state index is 12.3. The van der Waals surface area contributed by atoms with Gasteiger partial charge in [0.15, 0.2) is 0 Å². The largest absolute Gasteiger partial charge is 0.326 e. The Balaban J connectivity index is 1.28. The first-order valence-electron chi connectivity index (χ1n) is 9.57. The maximum atomic E-state index is 12.3. The summed E-state index contributed by atoms with van der Waals surface area (Å²) < 4.78 is 0. The van der Waals surface area contributed by atoms with Gasteiger partial charge in [0.1, 0.15) is 11.4 Å². The van der Waals surface area contributed by atoms with E-state index >= 15 is 0 Å². The molecule has 148 valence electrons. The molecule has 1 N–H and O–H groups in total. The minimum atomic E-state index is -0.0702. The van der Waals surface area contributed by atoms with Crippen LogP contribution in [-0.2, 0) is 4.79 Å². The van der Waals surface area contributed by atoms with Crippen molar-refractivity contribution in [2.45, 2.75) is 18.5 Å². The van der Waals surface area contributed by atoms with Crippen LogP contribution in [0.25, 0.3) is 33.3 Å². The fraction of sp³-hybridized carbons (Fsp3) is 0.130. The van der Waals surface area contributed by atoms with Gasteiger partial charge >= 0.3 is 0 Å². The molecule has 30 heavy (non-hydrogen) atoms. The lowest BCUT2D eigenvalue weighted by Gasteiger charge is -2.09. The Hall–Kier alpha value is -2.96. The second-order valence-electron chi connectivity index (χ2n) is 7.06. The van der Waals surface area contributed by atoms with E-state index in [-0.39, 0.29) is 5.91 Å². The molecule has 5 nitrogen and oxygen atoms in total. The zero-order chi connectivity index (χ0) is 20.7. The molecule has 0 fully saturated rings. The Kier molecular flexibility index (Phi) is 4.89. The summed E-state index contributed by atoms with van der Waals surface area (Å²) in [6, 6.07) is 17.9. The van der Waals surface area contributed by atoms with Gasteiger partial charge in [-0.3, -0.25) is 4.79 Å². The number of benzene rings is 3. The number of anilines is 1. The highest BCUT2D eigenvalue weighted by atomic mass is 35.5. The number of carbonyl (C=O) groups is 1. The van der Waals surface area contributed by atoms with Gasteiger partial charge in [0.2, 0.25) is 11.1 Å². The summed E-state index contributed by atoms with van der Waals surface area (Å²) in [5.41, 5.74) is 5.44. The molecule has 0 saturated heterocycles. The fourth-order valence-electron chi connectivity index (χ4n) is 3.67. The number of carbonyl (C=O) groups excluding carboxylic acids is 1. The number of fused-ring (bicyclic) bond motifs is 3. The molecule has 4 aromatic rings. The van der Waals surface area contributed by atoms with Gasteiger partial charge in [-0.1, -0.05) is 65.8 Å². The van der Waals surface area contributed by atoms with Crippen LogP contribution in [0.15, 0.2) is 59.8 Å². The monoisotopic (exact) mass is 432 g/mol. The summed E-state index contributed by atoms with van der Waals surface area (Å²) in [5, 5.41) is 15.2. The number of thioether (sulfide) groups is 1. The van der Waals surface area contributed by atoms with Gasteiger partial charge in [0.25, 0.3) is 0 Å². The highest BCUT2D eigenvalue weighted by Crippen LogP contribution is 2.44. The van der Waals surface area contributed by atoms with Crippen LogP contribution in [0.1, 0.15) is 12.0 Å². The highest BCUT2D eigenvalue weighted by Gasteiger charge is 2.24. The summed E-state index contributed by atoms with van der Waals surface area (Å²) >= 11 is 7.54. The summed E-state index contributed by atoms with van der Waals surface area (Å²) in [4.78, 5) is 17.0. The molecule has 5 rings (SSSR count). The third-order valence-electron chi connectivity index (χ3n) is 5.18. The summed E-state index contributed by atoms with van der Waals surface area (Å²) in [7, 11) is 0. The van der Waals surface area contributed by atoms with Crippen molar-refractivity contribution in [1.82, 2.24) is 15.2 Å². The van der Waals surface area contributed by atoms with E-state index in [9.17, 15) is 4.79 Å². The van der Waals surface area contributed by atoms with Crippen LogP contribution in [0.2, 0.25) is 5.02 Å². The molecule has 0 unspecified atom stereocenters. The van der Waals surface area contributed by atoms with Gasteiger partial charge in [-0.25, -0.2) is 4.98 Å². The van der Waals surface area contributed by atoms with E-state index in [1.54, 1.807) is 6.07 Å². The standard InChI is InChI=1S/C23H17ClN4OS/c1-13-17(24)9-4-10-18(13)25-19(29)11-12-30-23-26-21-15-7-2-5-14-6-3-8-16(20(14)15)22(21)27-28-23/h2-10H,11-12H2,1H3,(H,25,29). The molecular weight excluding hydrogens is 416 g/mol. The van der Waals surface area contributed by atoms with Gasteiger partial charge in [-0.2, -0.15) is 0 Å². The minimum Gasteiger partial charge on any atom is -0.326 e. The zero-order valence-electron chi connectivity index (χ0n) is 16.1. The van der Waals surface area contributed by atoms with E-state index in [0.29, 0.717) is 22.4 Å². The Bertz CT molecular complexity index is 1300. The number of amides is 1. The van der Waals surface area contributed by atoms with Crippen LogP contribution in [-0.4, -0.2) is 26.8 Å². The average Bonchev–Trinajstić information content (AvgIpc) is 3.07. The van der Waals surface area contributed by atoms with Crippen LogP contribution < -0.4 is 5.32 Å². The van der Waals surface area contributed by atoms with Gasteiger partial charge < -0.3 is 5.32 Å². The topological polar surface area (TPSA) is 67.8 Å². The van der Waals surface area contributed by atoms with Gasteiger partial charge in [-0.05, 0) is 30.0 Å². The predicted octanol–water partition coefficient (Wildman–Crippen LogP) is 5.75. The Labute approximate surface area is 182 Å². The predicted molar refractivity (Wildman–Crippen MR) is 122 cm³/mol. The summed E-state index contributed by atoms with van der Waals surface area (Å²) in [6.07, 6.45) is 0.340. The molecule has 0 atom stereocenters. The minimum absolute atomic E-state index is 0.0702. The van der Waals surface area contributed by atoms with Gasteiger partial charge in [-0.15, -0.1) is 10.2 Å².